The average molecular weight is 794 g/mol. The topological polar surface area (TPSA) is 203 Å². The highest BCUT2D eigenvalue weighted by Crippen LogP contribution is 2.38. The molecule has 2 heterocycles. The lowest BCUT2D eigenvalue weighted by Crippen LogP contribution is -2.68. The molecule has 0 radical (unpaired) electrons. The second kappa shape index (κ2) is 20.5. The fourth-order valence-electron chi connectivity index (χ4n) is 7.01. The summed E-state index contributed by atoms with van der Waals surface area (Å²) in [5, 5.41) is 55.0. The van der Waals surface area contributed by atoms with Crippen molar-refractivity contribution >= 4 is 11.9 Å². The summed E-state index contributed by atoms with van der Waals surface area (Å²) in [6, 6.07) is 0. The fraction of sp³-hybridized carbons (Fsp3) is 0.950. The molecule has 0 aromatic heterocycles. The molecular weight excluding hydrogens is 718 g/mol. The molecule has 15 heteroatoms. The molecule has 324 valence electrons. The Hall–Kier alpha value is -1.50. The molecule has 2 aliphatic heterocycles. The van der Waals surface area contributed by atoms with Crippen LogP contribution in [0.3, 0.4) is 0 Å². The summed E-state index contributed by atoms with van der Waals surface area (Å²) < 4.78 is 42.8. The number of hydrogen-bond donors (Lipinski definition) is 5. The monoisotopic (exact) mass is 794 g/mol. The number of aliphatic hydroxyl groups is 5. The van der Waals surface area contributed by atoms with E-state index in [2.05, 4.69) is 0 Å². The van der Waals surface area contributed by atoms with Crippen molar-refractivity contribution in [2.75, 3.05) is 32.9 Å². The van der Waals surface area contributed by atoms with Crippen LogP contribution in [0.2, 0.25) is 0 Å². The highest BCUT2D eigenvalue weighted by Gasteiger charge is 2.57. The largest absolute Gasteiger partial charge is 0.464 e. The van der Waals surface area contributed by atoms with Crippen molar-refractivity contribution in [3.63, 3.8) is 0 Å². The van der Waals surface area contributed by atoms with E-state index < -0.39 is 95.3 Å². The molecule has 2 fully saturated rings. The second-order valence-electron chi connectivity index (χ2n) is 17.7. The van der Waals surface area contributed by atoms with Crippen molar-refractivity contribution in [3.8, 4) is 0 Å². The lowest BCUT2D eigenvalue weighted by Gasteiger charge is -2.50. The Morgan fingerprint density at radius 2 is 1.27 bits per heavy atom. The molecule has 0 aromatic carbocycles. The lowest BCUT2D eigenvalue weighted by molar-refractivity contribution is -0.295. The van der Waals surface area contributed by atoms with E-state index in [0.29, 0.717) is 25.9 Å². The normalized spacial score (nSPS) is 29.8. The van der Waals surface area contributed by atoms with Gasteiger partial charge >= 0.3 is 5.97 Å². The molecule has 2 aliphatic rings. The van der Waals surface area contributed by atoms with Crippen LogP contribution < -0.4 is 0 Å². The summed E-state index contributed by atoms with van der Waals surface area (Å²) >= 11 is 0. The summed E-state index contributed by atoms with van der Waals surface area (Å²) in [7, 11) is 0. The van der Waals surface area contributed by atoms with Gasteiger partial charge in [-0.3, -0.25) is 4.79 Å². The standard InChI is InChI=1S/C40H75NO14/c1-15-41(20-17-18-21-42)35(47)31-29(55-38(9,10)23(3)4)25(43)27(45)33(51-31)39(11,12)50-22-19-37(7,8)54-30-26(44)28(46)34(40(13,14)53-24(5)6)52-32(30)36(48)49-16-2/h23-34,42-46H,15-22H2,1-14H3/t25-,26-,27+,28+,29+,30+,31?,32?,33-,34-/m1/s1. The molecule has 15 nitrogen and oxygen atoms in total. The van der Waals surface area contributed by atoms with Gasteiger partial charge in [-0.15, -0.1) is 0 Å². The van der Waals surface area contributed by atoms with Gasteiger partial charge in [0.15, 0.2) is 12.2 Å². The number of rotatable bonds is 21. The van der Waals surface area contributed by atoms with Gasteiger partial charge in [-0.1, -0.05) is 13.8 Å². The van der Waals surface area contributed by atoms with Gasteiger partial charge in [-0.25, -0.2) is 4.79 Å². The molecular formula is C40H75NO14. The second-order valence-corrected chi connectivity index (χ2v) is 17.7. The van der Waals surface area contributed by atoms with Crippen molar-refractivity contribution in [3.05, 3.63) is 0 Å². The Morgan fingerprint density at radius 1 is 0.745 bits per heavy atom. The van der Waals surface area contributed by atoms with E-state index in [1.165, 1.54) is 0 Å². The first kappa shape index (κ1) is 49.6. The number of carbonyl (C=O) groups is 2. The first-order chi connectivity index (χ1) is 25.3. The van der Waals surface area contributed by atoms with Crippen LogP contribution in [0.25, 0.3) is 0 Å². The molecule has 5 N–H and O–H groups in total. The van der Waals surface area contributed by atoms with Crippen molar-refractivity contribution in [2.24, 2.45) is 5.92 Å². The maximum atomic E-state index is 14.1. The van der Waals surface area contributed by atoms with Gasteiger partial charge in [0, 0.05) is 19.7 Å². The Balaban J connectivity index is 2.30. The highest BCUT2D eigenvalue weighted by atomic mass is 16.6. The molecule has 0 saturated carbocycles. The van der Waals surface area contributed by atoms with Crippen LogP contribution >= 0.6 is 0 Å². The maximum absolute atomic E-state index is 14.1. The van der Waals surface area contributed by atoms with Gasteiger partial charge in [0.25, 0.3) is 5.91 Å². The minimum Gasteiger partial charge on any atom is -0.464 e. The SMILES string of the molecule is CCOC(=O)C1O[C@@H](C(C)(C)OC(C)C)[C@@H](O)[C@@H](O)[C@@H]1OC(C)(C)CCOC(C)(C)[C@@H]1OC(C(=O)N(CC)CCCCO)[C@@H](OC(C)(C)C(C)C)[C@H](O)[C@@H]1O. The van der Waals surface area contributed by atoms with Gasteiger partial charge in [0.05, 0.1) is 41.7 Å². The Kier molecular flexibility index (Phi) is 18.5. The quantitative estimate of drug-likeness (QED) is 0.0838. The van der Waals surface area contributed by atoms with Crippen molar-refractivity contribution in [2.45, 2.75) is 206 Å². The van der Waals surface area contributed by atoms with Crippen molar-refractivity contribution in [1.82, 2.24) is 4.90 Å². The number of carbonyl (C=O) groups excluding carboxylic acids is 2. The summed E-state index contributed by atoms with van der Waals surface area (Å²) in [6.07, 6.45) is -12.3. The third-order valence-corrected chi connectivity index (χ3v) is 10.8. The van der Waals surface area contributed by atoms with Crippen LogP contribution in [-0.2, 0) is 42.7 Å². The number of amides is 1. The number of esters is 1. The van der Waals surface area contributed by atoms with Gasteiger partial charge in [-0.05, 0) is 108 Å². The van der Waals surface area contributed by atoms with Gasteiger partial charge in [0.1, 0.15) is 48.8 Å². The predicted molar refractivity (Wildman–Crippen MR) is 204 cm³/mol. The predicted octanol–water partition coefficient (Wildman–Crippen LogP) is 2.52. The highest BCUT2D eigenvalue weighted by molar-refractivity contribution is 5.82. The van der Waals surface area contributed by atoms with Crippen molar-refractivity contribution < 1.29 is 68.3 Å². The summed E-state index contributed by atoms with van der Waals surface area (Å²) in [4.78, 5) is 28.8. The molecule has 2 unspecified atom stereocenters. The molecule has 0 aromatic rings. The Bertz CT molecular complexity index is 1190. The maximum Gasteiger partial charge on any atom is 0.338 e. The molecule has 0 spiro atoms. The first-order valence-corrected chi connectivity index (χ1v) is 20.0. The molecule has 55 heavy (non-hydrogen) atoms. The molecule has 0 aliphatic carbocycles. The minimum atomic E-state index is -1.54. The summed E-state index contributed by atoms with van der Waals surface area (Å²) in [6.45, 7) is 25.9. The van der Waals surface area contributed by atoms with Crippen LogP contribution in [0.1, 0.15) is 116 Å². The number of hydrogen-bond acceptors (Lipinski definition) is 14. The Morgan fingerprint density at radius 3 is 1.76 bits per heavy atom. The van der Waals surface area contributed by atoms with Crippen LogP contribution in [0, 0.1) is 5.92 Å². The van der Waals surface area contributed by atoms with E-state index in [1.54, 1.807) is 53.4 Å². The number of unbranched alkanes of at least 4 members (excludes halogenated alkanes) is 1. The van der Waals surface area contributed by atoms with E-state index in [1.807, 2.05) is 48.5 Å². The number of ether oxygens (including phenoxy) is 7. The van der Waals surface area contributed by atoms with E-state index >= 15 is 0 Å². The summed E-state index contributed by atoms with van der Waals surface area (Å²) in [5.41, 5.74) is -4.17. The summed E-state index contributed by atoms with van der Waals surface area (Å²) in [5.74, 6) is -1.15. The zero-order valence-electron chi connectivity index (χ0n) is 35.9. The fourth-order valence-corrected chi connectivity index (χ4v) is 7.01. The van der Waals surface area contributed by atoms with Gasteiger partial charge in [0.2, 0.25) is 0 Å². The smallest absolute Gasteiger partial charge is 0.338 e. The molecule has 0 bridgehead atoms. The molecule has 10 atom stereocenters. The third-order valence-electron chi connectivity index (χ3n) is 10.8. The van der Waals surface area contributed by atoms with E-state index in [-0.39, 0.29) is 38.3 Å². The number of likely N-dealkylation sites (N-methyl/N-ethyl adjacent to an activating group) is 1. The van der Waals surface area contributed by atoms with E-state index in [4.69, 9.17) is 33.2 Å². The van der Waals surface area contributed by atoms with Crippen LogP contribution in [0.15, 0.2) is 0 Å². The molecule has 2 saturated heterocycles. The zero-order chi connectivity index (χ0) is 42.3. The van der Waals surface area contributed by atoms with Crippen LogP contribution in [0.5, 0.6) is 0 Å². The zero-order valence-corrected chi connectivity index (χ0v) is 35.9. The average Bonchev–Trinajstić information content (AvgIpc) is 3.06. The van der Waals surface area contributed by atoms with E-state index in [0.717, 1.165) is 0 Å². The van der Waals surface area contributed by atoms with Crippen molar-refractivity contribution in [1.29, 1.82) is 0 Å². The number of nitrogens with zero attached hydrogens (tertiary/aromatic N) is 1. The first-order valence-electron chi connectivity index (χ1n) is 20.0. The Labute approximate surface area is 329 Å². The van der Waals surface area contributed by atoms with Crippen LogP contribution in [0.4, 0.5) is 0 Å². The van der Waals surface area contributed by atoms with Gasteiger partial charge < -0.3 is 63.6 Å². The van der Waals surface area contributed by atoms with Gasteiger partial charge in [-0.2, -0.15) is 0 Å². The minimum absolute atomic E-state index is 0.00400. The number of aliphatic hydroxyl groups excluding tert-OH is 5. The molecule has 1 amide bonds. The molecule has 2 rings (SSSR count). The third kappa shape index (κ3) is 13.0. The van der Waals surface area contributed by atoms with Crippen LogP contribution in [-0.4, -0.2) is 165 Å². The lowest BCUT2D eigenvalue weighted by atomic mass is 9.85. The van der Waals surface area contributed by atoms with E-state index in [9.17, 15) is 35.1 Å².